The van der Waals surface area contributed by atoms with Crippen molar-refractivity contribution in [2.24, 2.45) is 0 Å². The van der Waals surface area contributed by atoms with Gasteiger partial charge in [-0.15, -0.1) is 11.3 Å². The van der Waals surface area contributed by atoms with Gasteiger partial charge in [-0.25, -0.2) is 0 Å². The van der Waals surface area contributed by atoms with Gasteiger partial charge in [0.05, 0.1) is 13.0 Å². The number of alkyl halides is 3. The van der Waals surface area contributed by atoms with Crippen LogP contribution in [0.5, 0.6) is 0 Å². The summed E-state index contributed by atoms with van der Waals surface area (Å²) >= 11 is 1.58. The minimum absolute atomic E-state index is 0.143. The molecule has 0 aliphatic rings. The van der Waals surface area contributed by atoms with E-state index in [1.54, 1.807) is 24.3 Å². The van der Waals surface area contributed by atoms with Crippen molar-refractivity contribution in [3.05, 3.63) is 69.1 Å². The van der Waals surface area contributed by atoms with Crippen LogP contribution in [0.1, 0.15) is 44.6 Å². The highest BCUT2D eigenvalue weighted by Gasteiger charge is 2.58. The second-order valence-corrected chi connectivity index (χ2v) is 8.51. The molecule has 0 radical (unpaired) electrons. The number of hydrogen-bond acceptors (Lipinski definition) is 6. The minimum Gasteiger partial charge on any atom is -0.463 e. The predicted molar refractivity (Wildman–Crippen MR) is 111 cm³/mol. The molecule has 0 saturated heterocycles. The molecule has 3 aromatic heterocycles. The standard InChI is InChI=1S/C22H22F3NO5S/c1-13-9-17(15(3)26(13)11-16-5-4-8-32-16)18(27)12-30-20(28)10-21(29,22(23,24)25)19-7-6-14(2)31-19/h4-9,29H,10-12H2,1-3H3/t21-/m1/s1. The van der Waals surface area contributed by atoms with E-state index in [1.165, 1.54) is 13.0 Å². The molecule has 0 saturated carbocycles. The number of aliphatic hydroxyl groups is 1. The smallest absolute Gasteiger partial charge is 0.425 e. The van der Waals surface area contributed by atoms with E-state index >= 15 is 0 Å². The van der Waals surface area contributed by atoms with Crippen LogP contribution in [0.3, 0.4) is 0 Å². The maximum Gasteiger partial charge on any atom is 0.425 e. The number of rotatable bonds is 8. The number of carbonyl (C=O) groups excluding carboxylic acids is 2. The number of ether oxygens (including phenoxy) is 1. The van der Waals surface area contributed by atoms with E-state index in [2.05, 4.69) is 0 Å². The number of furan rings is 1. The van der Waals surface area contributed by atoms with Gasteiger partial charge in [0.1, 0.15) is 11.5 Å². The second-order valence-electron chi connectivity index (χ2n) is 7.48. The summed E-state index contributed by atoms with van der Waals surface area (Å²) in [5.74, 6) is -2.60. The number of hydrogen-bond donors (Lipinski definition) is 1. The number of aromatic nitrogens is 1. The number of halogens is 3. The van der Waals surface area contributed by atoms with E-state index in [9.17, 15) is 27.9 Å². The first-order valence-corrected chi connectivity index (χ1v) is 10.5. The van der Waals surface area contributed by atoms with Crippen LogP contribution in [-0.2, 0) is 21.7 Å². The molecular formula is C22H22F3NO5S. The molecule has 1 N–H and O–H groups in total. The van der Waals surface area contributed by atoms with Crippen molar-refractivity contribution in [1.29, 1.82) is 0 Å². The number of aryl methyl sites for hydroxylation is 2. The van der Waals surface area contributed by atoms with Gasteiger partial charge in [-0.3, -0.25) is 9.59 Å². The third kappa shape index (κ3) is 4.81. The zero-order chi connectivity index (χ0) is 23.7. The van der Waals surface area contributed by atoms with Gasteiger partial charge in [0, 0.05) is 21.8 Å². The maximum atomic E-state index is 13.5. The molecule has 10 heteroatoms. The Kier molecular flexibility index (Phi) is 6.66. The Hall–Kier alpha value is -2.85. The van der Waals surface area contributed by atoms with Crippen LogP contribution < -0.4 is 0 Å². The Balaban J connectivity index is 1.68. The molecular weight excluding hydrogens is 447 g/mol. The van der Waals surface area contributed by atoms with E-state index in [-0.39, 0.29) is 5.76 Å². The van der Waals surface area contributed by atoms with Crippen molar-refractivity contribution in [2.75, 3.05) is 6.61 Å². The number of nitrogens with zero attached hydrogens (tertiary/aromatic N) is 1. The van der Waals surface area contributed by atoms with Crippen molar-refractivity contribution in [1.82, 2.24) is 4.57 Å². The molecule has 32 heavy (non-hydrogen) atoms. The molecule has 172 valence electrons. The van der Waals surface area contributed by atoms with Gasteiger partial charge in [0.25, 0.3) is 0 Å². The first-order valence-electron chi connectivity index (χ1n) is 9.66. The molecule has 0 aliphatic carbocycles. The van der Waals surface area contributed by atoms with E-state index < -0.39 is 42.3 Å². The third-order valence-electron chi connectivity index (χ3n) is 5.15. The summed E-state index contributed by atoms with van der Waals surface area (Å²) in [6, 6.07) is 7.73. The Morgan fingerprint density at radius 3 is 2.47 bits per heavy atom. The van der Waals surface area contributed by atoms with Gasteiger partial charge in [0.15, 0.2) is 6.61 Å². The fraction of sp³-hybridized carbons (Fsp3) is 0.364. The zero-order valence-electron chi connectivity index (χ0n) is 17.7. The van der Waals surface area contributed by atoms with Crippen LogP contribution in [0.25, 0.3) is 0 Å². The normalized spacial score (nSPS) is 13.7. The Morgan fingerprint density at radius 2 is 1.91 bits per heavy atom. The summed E-state index contributed by atoms with van der Waals surface area (Å²) in [6.45, 7) is 4.82. The zero-order valence-corrected chi connectivity index (χ0v) is 18.5. The Labute approximate surface area is 186 Å². The summed E-state index contributed by atoms with van der Waals surface area (Å²) in [6.07, 6.45) is -6.62. The number of thiophene rings is 1. The lowest BCUT2D eigenvalue weighted by Gasteiger charge is -2.27. The molecule has 0 aromatic carbocycles. The van der Waals surface area contributed by atoms with Crippen molar-refractivity contribution in [2.45, 2.75) is 45.5 Å². The number of esters is 1. The lowest BCUT2D eigenvalue weighted by atomic mass is 9.96. The molecule has 3 rings (SSSR count). The number of carbonyl (C=O) groups is 2. The summed E-state index contributed by atoms with van der Waals surface area (Å²) in [5.41, 5.74) is -1.75. The maximum absolute atomic E-state index is 13.5. The number of ketones is 1. The summed E-state index contributed by atoms with van der Waals surface area (Å²) in [7, 11) is 0. The van der Waals surface area contributed by atoms with Crippen molar-refractivity contribution >= 4 is 23.1 Å². The molecule has 0 amide bonds. The highest BCUT2D eigenvalue weighted by Crippen LogP contribution is 2.42. The molecule has 3 heterocycles. The molecule has 0 bridgehead atoms. The van der Waals surface area contributed by atoms with Crippen molar-refractivity contribution < 1.29 is 37.0 Å². The highest BCUT2D eigenvalue weighted by molar-refractivity contribution is 7.09. The Bertz CT molecular complexity index is 1110. The molecule has 0 unspecified atom stereocenters. The van der Waals surface area contributed by atoms with Gasteiger partial charge in [0.2, 0.25) is 11.4 Å². The van der Waals surface area contributed by atoms with E-state index in [1.807, 2.05) is 29.0 Å². The van der Waals surface area contributed by atoms with E-state index in [4.69, 9.17) is 9.15 Å². The first-order chi connectivity index (χ1) is 14.9. The molecule has 1 atom stereocenters. The van der Waals surface area contributed by atoms with Crippen LogP contribution in [0, 0.1) is 20.8 Å². The molecule has 0 fully saturated rings. The van der Waals surface area contributed by atoms with Gasteiger partial charge >= 0.3 is 12.1 Å². The largest absolute Gasteiger partial charge is 0.463 e. The molecule has 0 spiro atoms. The predicted octanol–water partition coefficient (Wildman–Crippen LogP) is 4.68. The summed E-state index contributed by atoms with van der Waals surface area (Å²) in [5, 5.41) is 12.1. The van der Waals surface area contributed by atoms with Crippen LogP contribution in [-0.4, -0.2) is 34.2 Å². The van der Waals surface area contributed by atoms with Gasteiger partial charge in [-0.1, -0.05) is 6.07 Å². The van der Waals surface area contributed by atoms with Gasteiger partial charge < -0.3 is 18.8 Å². The fourth-order valence-corrected chi connectivity index (χ4v) is 4.05. The Morgan fingerprint density at radius 1 is 1.19 bits per heavy atom. The lowest BCUT2D eigenvalue weighted by molar-refractivity contribution is -0.275. The average Bonchev–Trinajstić information content (AvgIpc) is 3.43. The summed E-state index contributed by atoms with van der Waals surface area (Å²) < 4.78 is 52.1. The monoisotopic (exact) mass is 469 g/mol. The topological polar surface area (TPSA) is 81.7 Å². The molecule has 6 nitrogen and oxygen atoms in total. The molecule has 0 aliphatic heterocycles. The fourth-order valence-electron chi connectivity index (χ4n) is 3.35. The summed E-state index contributed by atoms with van der Waals surface area (Å²) in [4.78, 5) is 25.8. The quantitative estimate of drug-likeness (QED) is 0.383. The lowest BCUT2D eigenvalue weighted by Crippen LogP contribution is -2.44. The minimum atomic E-state index is -5.19. The van der Waals surface area contributed by atoms with E-state index in [0.29, 0.717) is 17.8 Å². The van der Waals surface area contributed by atoms with Gasteiger partial charge in [-0.2, -0.15) is 13.2 Å². The van der Waals surface area contributed by atoms with Crippen LogP contribution in [0.15, 0.2) is 40.1 Å². The number of Topliss-reactive ketones (excluding diaryl/α,β-unsaturated/α-hetero) is 1. The third-order valence-corrected chi connectivity index (χ3v) is 6.01. The average molecular weight is 469 g/mol. The SMILES string of the molecule is Cc1ccc([C@](O)(CC(=O)OCC(=O)c2cc(C)n(Cc3cccs3)c2C)C(F)(F)F)o1. The van der Waals surface area contributed by atoms with Crippen LogP contribution in [0.4, 0.5) is 13.2 Å². The highest BCUT2D eigenvalue weighted by atomic mass is 32.1. The van der Waals surface area contributed by atoms with Crippen LogP contribution in [0.2, 0.25) is 0 Å². The van der Waals surface area contributed by atoms with Crippen molar-refractivity contribution in [3.8, 4) is 0 Å². The van der Waals surface area contributed by atoms with Gasteiger partial charge in [-0.05, 0) is 50.4 Å². The first kappa shape index (κ1) is 23.8. The molecule has 3 aromatic rings. The van der Waals surface area contributed by atoms with Crippen LogP contribution >= 0.6 is 11.3 Å². The van der Waals surface area contributed by atoms with E-state index in [0.717, 1.165) is 16.6 Å². The van der Waals surface area contributed by atoms with Crippen molar-refractivity contribution in [3.63, 3.8) is 0 Å². The second kappa shape index (κ2) is 8.95.